The molecule has 0 saturated heterocycles. The zero-order valence-electron chi connectivity index (χ0n) is 12.1. The number of furan rings is 1. The third-order valence-electron chi connectivity index (χ3n) is 3.27. The summed E-state index contributed by atoms with van der Waals surface area (Å²) < 4.78 is 5.39. The van der Waals surface area contributed by atoms with Crippen LogP contribution in [0.1, 0.15) is 21.9 Å². The standard InChI is InChI=1S/C17H14ClNO2S/c1-10-7-15(11(2)21-10)17(20)19-14-8-16(22-9-14)12-3-5-13(18)6-4-12/h3-9H,1-2H3,(H,19,20). The van der Waals surface area contributed by atoms with Crippen molar-refractivity contribution in [2.24, 2.45) is 0 Å². The van der Waals surface area contributed by atoms with Crippen molar-refractivity contribution in [3.8, 4) is 10.4 Å². The largest absolute Gasteiger partial charge is 0.466 e. The molecule has 0 aliphatic rings. The normalized spacial score (nSPS) is 10.7. The molecule has 0 radical (unpaired) electrons. The average molecular weight is 332 g/mol. The number of amides is 1. The number of anilines is 1. The SMILES string of the molecule is Cc1cc(C(=O)Nc2csc(-c3ccc(Cl)cc3)c2)c(C)o1. The van der Waals surface area contributed by atoms with E-state index in [1.807, 2.05) is 42.6 Å². The fourth-order valence-electron chi connectivity index (χ4n) is 2.22. The van der Waals surface area contributed by atoms with E-state index >= 15 is 0 Å². The molecule has 0 spiro atoms. The van der Waals surface area contributed by atoms with Crippen LogP contribution >= 0.6 is 22.9 Å². The molecule has 2 aromatic heterocycles. The van der Waals surface area contributed by atoms with Gasteiger partial charge in [0.15, 0.2) is 0 Å². The summed E-state index contributed by atoms with van der Waals surface area (Å²) in [5.74, 6) is 1.20. The van der Waals surface area contributed by atoms with Crippen LogP contribution in [0.15, 0.2) is 46.2 Å². The average Bonchev–Trinajstić information content (AvgIpc) is 3.06. The monoisotopic (exact) mass is 331 g/mol. The van der Waals surface area contributed by atoms with E-state index < -0.39 is 0 Å². The quantitative estimate of drug-likeness (QED) is 0.685. The Bertz CT molecular complexity index is 818. The zero-order valence-corrected chi connectivity index (χ0v) is 13.7. The number of hydrogen-bond donors (Lipinski definition) is 1. The number of thiophene rings is 1. The Balaban J connectivity index is 1.78. The number of nitrogens with one attached hydrogen (secondary N) is 1. The van der Waals surface area contributed by atoms with E-state index in [0.717, 1.165) is 21.9 Å². The molecule has 3 rings (SSSR count). The number of carbonyl (C=O) groups excluding carboxylic acids is 1. The molecule has 0 aliphatic carbocycles. The second-order valence-corrected chi connectivity index (χ2v) is 6.34. The van der Waals surface area contributed by atoms with Gasteiger partial charge in [-0.25, -0.2) is 0 Å². The van der Waals surface area contributed by atoms with Crippen molar-refractivity contribution in [2.75, 3.05) is 5.32 Å². The molecule has 0 atom stereocenters. The number of aryl methyl sites for hydroxylation is 2. The van der Waals surface area contributed by atoms with Crippen molar-refractivity contribution >= 4 is 34.5 Å². The summed E-state index contributed by atoms with van der Waals surface area (Å²) in [6.45, 7) is 3.61. The van der Waals surface area contributed by atoms with Gasteiger partial charge < -0.3 is 9.73 Å². The Morgan fingerprint density at radius 2 is 1.91 bits per heavy atom. The molecular weight excluding hydrogens is 318 g/mol. The van der Waals surface area contributed by atoms with E-state index in [0.29, 0.717) is 16.3 Å². The van der Waals surface area contributed by atoms with E-state index in [-0.39, 0.29) is 5.91 Å². The highest BCUT2D eigenvalue weighted by Gasteiger charge is 2.14. The summed E-state index contributed by atoms with van der Waals surface area (Å²) >= 11 is 7.47. The fourth-order valence-corrected chi connectivity index (χ4v) is 3.20. The molecule has 5 heteroatoms. The first-order valence-corrected chi connectivity index (χ1v) is 8.01. The number of benzene rings is 1. The molecule has 0 fully saturated rings. The fraction of sp³-hybridized carbons (Fsp3) is 0.118. The third-order valence-corrected chi connectivity index (χ3v) is 4.50. The molecule has 1 aromatic carbocycles. The molecule has 112 valence electrons. The highest BCUT2D eigenvalue weighted by atomic mass is 35.5. The summed E-state index contributed by atoms with van der Waals surface area (Å²) in [6, 6.07) is 11.3. The van der Waals surface area contributed by atoms with Gasteiger partial charge in [0.05, 0.1) is 11.3 Å². The van der Waals surface area contributed by atoms with Gasteiger partial charge >= 0.3 is 0 Å². The molecule has 0 saturated carbocycles. The van der Waals surface area contributed by atoms with Gasteiger partial charge in [-0.05, 0) is 43.7 Å². The van der Waals surface area contributed by atoms with Gasteiger partial charge in [-0.2, -0.15) is 0 Å². The van der Waals surface area contributed by atoms with Crippen molar-refractivity contribution in [1.82, 2.24) is 0 Å². The van der Waals surface area contributed by atoms with Crippen molar-refractivity contribution in [1.29, 1.82) is 0 Å². The maximum absolute atomic E-state index is 12.3. The number of carbonyl (C=O) groups is 1. The van der Waals surface area contributed by atoms with Gasteiger partial charge in [-0.15, -0.1) is 11.3 Å². The van der Waals surface area contributed by atoms with Gasteiger partial charge in [0, 0.05) is 15.3 Å². The lowest BCUT2D eigenvalue weighted by atomic mass is 10.2. The molecule has 0 bridgehead atoms. The first kappa shape index (κ1) is 14.9. The van der Waals surface area contributed by atoms with Crippen LogP contribution in [0.25, 0.3) is 10.4 Å². The first-order chi connectivity index (χ1) is 10.5. The first-order valence-electron chi connectivity index (χ1n) is 6.76. The summed E-state index contributed by atoms with van der Waals surface area (Å²) in [5.41, 5.74) is 2.42. The lowest BCUT2D eigenvalue weighted by Gasteiger charge is -2.01. The number of hydrogen-bond acceptors (Lipinski definition) is 3. The van der Waals surface area contributed by atoms with Crippen LogP contribution in [0.3, 0.4) is 0 Å². The minimum atomic E-state index is -0.158. The third kappa shape index (κ3) is 3.08. The predicted molar refractivity (Wildman–Crippen MR) is 90.9 cm³/mol. The maximum atomic E-state index is 12.3. The molecular formula is C17H14ClNO2S. The summed E-state index contributed by atoms with van der Waals surface area (Å²) in [4.78, 5) is 13.3. The lowest BCUT2D eigenvalue weighted by molar-refractivity contribution is 0.102. The van der Waals surface area contributed by atoms with Crippen LogP contribution in [0, 0.1) is 13.8 Å². The molecule has 3 aromatic rings. The smallest absolute Gasteiger partial charge is 0.259 e. The highest BCUT2D eigenvalue weighted by Crippen LogP contribution is 2.31. The van der Waals surface area contributed by atoms with Crippen molar-refractivity contribution in [2.45, 2.75) is 13.8 Å². The van der Waals surface area contributed by atoms with Crippen LogP contribution in [0.5, 0.6) is 0 Å². The molecule has 22 heavy (non-hydrogen) atoms. The van der Waals surface area contributed by atoms with Gasteiger partial charge in [-0.1, -0.05) is 23.7 Å². The summed E-state index contributed by atoms with van der Waals surface area (Å²) in [5, 5.41) is 5.53. The molecule has 0 unspecified atom stereocenters. The molecule has 3 nitrogen and oxygen atoms in total. The predicted octanol–water partition coefficient (Wildman–Crippen LogP) is 5.53. The van der Waals surface area contributed by atoms with E-state index in [4.69, 9.17) is 16.0 Å². The second-order valence-electron chi connectivity index (χ2n) is 4.99. The molecule has 0 aliphatic heterocycles. The van der Waals surface area contributed by atoms with Crippen LogP contribution in [0.2, 0.25) is 5.02 Å². The van der Waals surface area contributed by atoms with Crippen molar-refractivity contribution in [3.63, 3.8) is 0 Å². The van der Waals surface area contributed by atoms with Gasteiger partial charge in [0.1, 0.15) is 11.5 Å². The van der Waals surface area contributed by atoms with Crippen LogP contribution in [-0.4, -0.2) is 5.91 Å². The zero-order chi connectivity index (χ0) is 15.7. The van der Waals surface area contributed by atoms with Crippen LogP contribution < -0.4 is 5.32 Å². The van der Waals surface area contributed by atoms with Gasteiger partial charge in [0.25, 0.3) is 5.91 Å². The molecule has 1 N–H and O–H groups in total. The highest BCUT2D eigenvalue weighted by molar-refractivity contribution is 7.14. The summed E-state index contributed by atoms with van der Waals surface area (Å²) in [7, 11) is 0. The minimum absolute atomic E-state index is 0.158. The van der Waals surface area contributed by atoms with Crippen LogP contribution in [-0.2, 0) is 0 Å². The van der Waals surface area contributed by atoms with Gasteiger partial charge in [-0.3, -0.25) is 4.79 Å². The topological polar surface area (TPSA) is 42.2 Å². The van der Waals surface area contributed by atoms with Crippen molar-refractivity contribution < 1.29 is 9.21 Å². The van der Waals surface area contributed by atoms with E-state index in [1.165, 1.54) is 0 Å². The Morgan fingerprint density at radius 3 is 2.55 bits per heavy atom. The second kappa shape index (κ2) is 5.99. The molecule has 2 heterocycles. The maximum Gasteiger partial charge on any atom is 0.259 e. The number of rotatable bonds is 3. The Hall–Kier alpha value is -2.04. The van der Waals surface area contributed by atoms with E-state index in [2.05, 4.69) is 5.32 Å². The van der Waals surface area contributed by atoms with Crippen molar-refractivity contribution in [3.05, 3.63) is 63.9 Å². The lowest BCUT2D eigenvalue weighted by Crippen LogP contribution is -2.11. The van der Waals surface area contributed by atoms with E-state index in [1.54, 1.807) is 24.3 Å². The van der Waals surface area contributed by atoms with E-state index in [9.17, 15) is 4.79 Å². The van der Waals surface area contributed by atoms with Crippen LogP contribution in [0.4, 0.5) is 5.69 Å². The summed E-state index contributed by atoms with van der Waals surface area (Å²) in [6.07, 6.45) is 0. The number of halogens is 1. The minimum Gasteiger partial charge on any atom is -0.466 e. The molecule has 1 amide bonds. The Labute approximate surface area is 137 Å². The van der Waals surface area contributed by atoms with Gasteiger partial charge in [0.2, 0.25) is 0 Å². The Morgan fingerprint density at radius 1 is 1.18 bits per heavy atom. The Kier molecular flexibility index (Phi) is 4.05.